The number of primary amides is 1. The number of carbonyl (C=O) groups is 1. The maximum Gasteiger partial charge on any atom is 0.248 e. The molecule has 2 rings (SSSR count). The van der Waals surface area contributed by atoms with Gasteiger partial charge in [0.15, 0.2) is 0 Å². The molecule has 0 fully saturated rings. The van der Waals surface area contributed by atoms with E-state index in [0.717, 1.165) is 0 Å². The zero-order valence-electron chi connectivity index (χ0n) is 10.6. The number of rotatable bonds is 5. The van der Waals surface area contributed by atoms with Crippen molar-refractivity contribution in [2.45, 2.75) is 6.10 Å². The fourth-order valence-electron chi connectivity index (χ4n) is 1.70. The van der Waals surface area contributed by atoms with Gasteiger partial charge in [0.25, 0.3) is 0 Å². The largest absolute Gasteiger partial charge is 0.491 e. The predicted molar refractivity (Wildman–Crippen MR) is 76.9 cm³/mol. The molecule has 0 bridgehead atoms. The zero-order chi connectivity index (χ0) is 14.5. The molecule has 2 aromatic rings. The lowest BCUT2D eigenvalue weighted by atomic mass is 10.1. The van der Waals surface area contributed by atoms with Crippen molar-refractivity contribution in [1.82, 2.24) is 0 Å². The minimum Gasteiger partial charge on any atom is -0.491 e. The number of nitrogens with two attached hydrogens (primary N) is 1. The van der Waals surface area contributed by atoms with Gasteiger partial charge in [0, 0.05) is 10.6 Å². The number of halogens is 1. The van der Waals surface area contributed by atoms with Gasteiger partial charge < -0.3 is 15.6 Å². The minimum absolute atomic E-state index is 0.0733. The second-order valence-electron chi connectivity index (χ2n) is 4.27. The fraction of sp³-hybridized carbons (Fsp3) is 0.133. The Bertz CT molecular complexity index is 598. The number of ether oxygens (including phenoxy) is 1. The molecule has 1 amide bonds. The van der Waals surface area contributed by atoms with Crippen LogP contribution < -0.4 is 10.5 Å². The van der Waals surface area contributed by atoms with Crippen LogP contribution in [-0.2, 0) is 0 Å². The highest BCUT2D eigenvalue weighted by molar-refractivity contribution is 6.30. The highest BCUT2D eigenvalue weighted by Gasteiger charge is 2.09. The van der Waals surface area contributed by atoms with E-state index in [0.29, 0.717) is 21.9 Å². The molecule has 0 spiro atoms. The zero-order valence-corrected chi connectivity index (χ0v) is 11.4. The first-order chi connectivity index (χ1) is 9.56. The summed E-state index contributed by atoms with van der Waals surface area (Å²) in [5.74, 6) is -0.0389. The molecule has 20 heavy (non-hydrogen) atoms. The molecular formula is C15H14ClNO3. The molecular weight excluding hydrogens is 278 g/mol. The molecule has 0 aliphatic carbocycles. The fourth-order valence-corrected chi connectivity index (χ4v) is 1.82. The van der Waals surface area contributed by atoms with Crippen LogP contribution in [0, 0.1) is 0 Å². The van der Waals surface area contributed by atoms with Crippen molar-refractivity contribution in [2.75, 3.05) is 6.61 Å². The van der Waals surface area contributed by atoms with Crippen LogP contribution in [0.25, 0.3) is 0 Å². The van der Waals surface area contributed by atoms with E-state index in [1.54, 1.807) is 42.5 Å². The summed E-state index contributed by atoms with van der Waals surface area (Å²) >= 11 is 5.78. The van der Waals surface area contributed by atoms with Gasteiger partial charge in [-0.05, 0) is 35.9 Å². The highest BCUT2D eigenvalue weighted by Crippen LogP contribution is 2.19. The maximum absolute atomic E-state index is 11.0. The first-order valence-corrected chi connectivity index (χ1v) is 6.40. The summed E-state index contributed by atoms with van der Waals surface area (Å²) in [6, 6.07) is 13.4. The molecule has 1 unspecified atom stereocenters. The van der Waals surface area contributed by atoms with Crippen LogP contribution in [0.3, 0.4) is 0 Å². The van der Waals surface area contributed by atoms with Crippen molar-refractivity contribution < 1.29 is 14.6 Å². The van der Waals surface area contributed by atoms with E-state index in [4.69, 9.17) is 22.1 Å². The number of carbonyl (C=O) groups excluding carboxylic acids is 1. The van der Waals surface area contributed by atoms with Gasteiger partial charge in [-0.2, -0.15) is 0 Å². The molecule has 1 atom stereocenters. The number of benzene rings is 2. The Morgan fingerprint density at radius 1 is 1.25 bits per heavy atom. The van der Waals surface area contributed by atoms with Crippen molar-refractivity contribution in [3.63, 3.8) is 0 Å². The smallest absolute Gasteiger partial charge is 0.248 e. The molecule has 0 aliphatic rings. The van der Waals surface area contributed by atoms with E-state index >= 15 is 0 Å². The Morgan fingerprint density at radius 3 is 2.60 bits per heavy atom. The average molecular weight is 292 g/mol. The van der Waals surface area contributed by atoms with Crippen molar-refractivity contribution in [2.24, 2.45) is 5.73 Å². The summed E-state index contributed by atoms with van der Waals surface area (Å²) in [6.45, 7) is 0.0733. The molecule has 0 aliphatic heterocycles. The van der Waals surface area contributed by atoms with E-state index in [1.807, 2.05) is 0 Å². The number of hydrogen-bond donors (Lipinski definition) is 2. The second-order valence-corrected chi connectivity index (χ2v) is 4.71. The molecule has 0 saturated carbocycles. The summed E-state index contributed by atoms with van der Waals surface area (Å²) in [5.41, 5.74) is 6.26. The molecule has 4 nitrogen and oxygen atoms in total. The Kier molecular flexibility index (Phi) is 4.61. The Labute approximate surface area is 121 Å². The third-order valence-electron chi connectivity index (χ3n) is 2.78. The Balaban J connectivity index is 1.99. The lowest BCUT2D eigenvalue weighted by Crippen LogP contribution is -2.12. The SMILES string of the molecule is NC(=O)c1cccc(OCC(O)c2ccc(Cl)cc2)c1. The van der Waals surface area contributed by atoms with Crippen molar-refractivity contribution in [1.29, 1.82) is 0 Å². The van der Waals surface area contributed by atoms with Crippen LogP contribution >= 0.6 is 11.6 Å². The van der Waals surface area contributed by atoms with E-state index in [-0.39, 0.29) is 6.61 Å². The van der Waals surface area contributed by atoms with Crippen LogP contribution in [0.2, 0.25) is 5.02 Å². The highest BCUT2D eigenvalue weighted by atomic mass is 35.5. The Morgan fingerprint density at radius 2 is 1.95 bits per heavy atom. The van der Waals surface area contributed by atoms with Crippen molar-refractivity contribution in [3.8, 4) is 5.75 Å². The third kappa shape index (κ3) is 3.73. The monoisotopic (exact) mass is 291 g/mol. The van der Waals surface area contributed by atoms with E-state index in [1.165, 1.54) is 6.07 Å². The van der Waals surface area contributed by atoms with E-state index < -0.39 is 12.0 Å². The standard InChI is InChI=1S/C15H14ClNO3/c16-12-6-4-10(5-7-12)14(18)9-20-13-3-1-2-11(8-13)15(17)19/h1-8,14,18H,9H2,(H2,17,19). The van der Waals surface area contributed by atoms with Gasteiger partial charge in [0.05, 0.1) is 0 Å². The van der Waals surface area contributed by atoms with E-state index in [9.17, 15) is 9.90 Å². The number of amides is 1. The average Bonchev–Trinajstić information content (AvgIpc) is 2.46. The molecule has 0 radical (unpaired) electrons. The minimum atomic E-state index is -0.774. The first kappa shape index (κ1) is 14.4. The van der Waals surface area contributed by atoms with Crippen LogP contribution in [-0.4, -0.2) is 17.6 Å². The van der Waals surface area contributed by atoms with Gasteiger partial charge in [-0.3, -0.25) is 4.79 Å². The summed E-state index contributed by atoms with van der Waals surface area (Å²) in [5, 5.41) is 10.6. The third-order valence-corrected chi connectivity index (χ3v) is 3.03. The first-order valence-electron chi connectivity index (χ1n) is 6.02. The molecule has 0 saturated heterocycles. The van der Waals surface area contributed by atoms with Crippen molar-refractivity contribution in [3.05, 3.63) is 64.7 Å². The van der Waals surface area contributed by atoms with E-state index in [2.05, 4.69) is 0 Å². The summed E-state index contributed by atoms with van der Waals surface area (Å²) < 4.78 is 5.45. The number of hydrogen-bond acceptors (Lipinski definition) is 3. The van der Waals surface area contributed by atoms with Gasteiger partial charge in [-0.1, -0.05) is 29.8 Å². The van der Waals surface area contributed by atoms with Crippen LogP contribution in [0.1, 0.15) is 22.0 Å². The molecule has 3 N–H and O–H groups in total. The van der Waals surface area contributed by atoms with Crippen molar-refractivity contribution >= 4 is 17.5 Å². The van der Waals surface area contributed by atoms with Crippen LogP contribution in [0.15, 0.2) is 48.5 Å². The van der Waals surface area contributed by atoms with Crippen LogP contribution in [0.5, 0.6) is 5.75 Å². The summed E-state index contributed by atoms with van der Waals surface area (Å²) in [4.78, 5) is 11.0. The lowest BCUT2D eigenvalue weighted by molar-refractivity contribution is 0.0997. The maximum atomic E-state index is 11.0. The lowest BCUT2D eigenvalue weighted by Gasteiger charge is -2.13. The van der Waals surface area contributed by atoms with Gasteiger partial charge in [0.1, 0.15) is 18.5 Å². The molecule has 0 heterocycles. The second kappa shape index (κ2) is 6.41. The molecule has 104 valence electrons. The summed E-state index contributed by atoms with van der Waals surface area (Å²) in [6.07, 6.45) is -0.774. The predicted octanol–water partition coefficient (Wildman–Crippen LogP) is 2.55. The van der Waals surface area contributed by atoms with Gasteiger partial charge in [-0.15, -0.1) is 0 Å². The molecule has 2 aromatic carbocycles. The molecule has 0 aromatic heterocycles. The normalized spacial score (nSPS) is 11.9. The van der Waals surface area contributed by atoms with Gasteiger partial charge >= 0.3 is 0 Å². The van der Waals surface area contributed by atoms with Crippen LogP contribution in [0.4, 0.5) is 0 Å². The van der Waals surface area contributed by atoms with Gasteiger partial charge in [-0.25, -0.2) is 0 Å². The van der Waals surface area contributed by atoms with Gasteiger partial charge in [0.2, 0.25) is 5.91 Å². The molecule has 5 heteroatoms. The number of aliphatic hydroxyl groups excluding tert-OH is 1. The topological polar surface area (TPSA) is 72.6 Å². The number of aliphatic hydroxyl groups is 1. The summed E-state index contributed by atoms with van der Waals surface area (Å²) in [7, 11) is 0. The quantitative estimate of drug-likeness (QED) is 0.889. The Hall–Kier alpha value is -2.04.